The Bertz CT molecular complexity index is 169. The number of nitrogens with zero attached hydrogens (tertiary/aromatic N) is 1. The van der Waals surface area contributed by atoms with E-state index in [1.165, 1.54) is 5.75 Å². The van der Waals surface area contributed by atoms with Gasteiger partial charge in [-0.3, -0.25) is 4.79 Å². The Labute approximate surface area is 84.2 Å². The molecule has 1 saturated heterocycles. The second kappa shape index (κ2) is 5.50. The van der Waals surface area contributed by atoms with Crippen molar-refractivity contribution in [3.05, 3.63) is 0 Å². The van der Waals surface area contributed by atoms with Gasteiger partial charge in [0, 0.05) is 26.3 Å². The van der Waals surface area contributed by atoms with E-state index in [2.05, 4.69) is 5.32 Å². The van der Waals surface area contributed by atoms with Crippen LogP contribution >= 0.6 is 11.8 Å². The van der Waals surface area contributed by atoms with Gasteiger partial charge in [-0.25, -0.2) is 0 Å². The highest BCUT2D eigenvalue weighted by molar-refractivity contribution is 7.99. The summed E-state index contributed by atoms with van der Waals surface area (Å²) in [6.45, 7) is 2.32. The van der Waals surface area contributed by atoms with Gasteiger partial charge in [-0.2, -0.15) is 11.8 Å². The molecule has 0 aromatic rings. The van der Waals surface area contributed by atoms with Gasteiger partial charge in [0.1, 0.15) is 0 Å². The van der Waals surface area contributed by atoms with Gasteiger partial charge < -0.3 is 10.2 Å². The van der Waals surface area contributed by atoms with Crippen molar-refractivity contribution in [3.8, 4) is 0 Å². The van der Waals surface area contributed by atoms with Gasteiger partial charge >= 0.3 is 0 Å². The highest BCUT2D eigenvalue weighted by Gasteiger charge is 2.16. The van der Waals surface area contributed by atoms with Crippen LogP contribution in [-0.4, -0.2) is 49.5 Å². The molecule has 1 fully saturated rings. The molecule has 1 aliphatic heterocycles. The standard InChI is InChI=1S/C9H18N2OS/c1-11(2)9(12)3-4-13-7-8-5-10-6-8/h8,10H,3-7H2,1-2H3. The second-order valence-electron chi connectivity index (χ2n) is 3.64. The van der Waals surface area contributed by atoms with E-state index >= 15 is 0 Å². The van der Waals surface area contributed by atoms with Crippen LogP contribution in [0.3, 0.4) is 0 Å². The van der Waals surface area contributed by atoms with Crippen molar-refractivity contribution in [2.24, 2.45) is 5.92 Å². The van der Waals surface area contributed by atoms with Gasteiger partial charge in [0.2, 0.25) is 5.91 Å². The Kier molecular flexibility index (Phi) is 4.59. The van der Waals surface area contributed by atoms with E-state index in [-0.39, 0.29) is 5.91 Å². The van der Waals surface area contributed by atoms with Crippen LogP contribution in [0.5, 0.6) is 0 Å². The van der Waals surface area contributed by atoms with Crippen molar-refractivity contribution in [1.82, 2.24) is 10.2 Å². The molecule has 76 valence electrons. The molecular weight excluding hydrogens is 184 g/mol. The molecule has 1 aliphatic rings. The molecule has 0 atom stereocenters. The summed E-state index contributed by atoms with van der Waals surface area (Å²) in [5.41, 5.74) is 0. The smallest absolute Gasteiger partial charge is 0.222 e. The third kappa shape index (κ3) is 4.00. The zero-order valence-corrected chi connectivity index (χ0v) is 9.19. The summed E-state index contributed by atoms with van der Waals surface area (Å²) >= 11 is 1.90. The van der Waals surface area contributed by atoms with Gasteiger partial charge in [-0.15, -0.1) is 0 Å². The first-order valence-electron chi connectivity index (χ1n) is 4.68. The molecule has 13 heavy (non-hydrogen) atoms. The van der Waals surface area contributed by atoms with Crippen LogP contribution in [0.2, 0.25) is 0 Å². The quantitative estimate of drug-likeness (QED) is 0.656. The lowest BCUT2D eigenvalue weighted by atomic mass is 10.1. The maximum atomic E-state index is 11.2. The molecule has 1 amide bonds. The van der Waals surface area contributed by atoms with E-state index in [0.717, 1.165) is 24.8 Å². The Hall–Kier alpha value is -0.220. The van der Waals surface area contributed by atoms with E-state index in [1.54, 1.807) is 4.90 Å². The minimum atomic E-state index is 0.235. The molecule has 0 bridgehead atoms. The topological polar surface area (TPSA) is 32.3 Å². The summed E-state index contributed by atoms with van der Waals surface area (Å²) in [5.74, 6) is 3.25. The molecule has 0 aromatic heterocycles. The van der Waals surface area contributed by atoms with Crippen LogP contribution in [0.4, 0.5) is 0 Å². The average Bonchev–Trinajstić information content (AvgIpc) is 2.00. The normalized spacial score (nSPS) is 16.8. The van der Waals surface area contributed by atoms with E-state index in [4.69, 9.17) is 0 Å². The van der Waals surface area contributed by atoms with Crippen LogP contribution in [0.25, 0.3) is 0 Å². The van der Waals surface area contributed by atoms with Crippen LogP contribution < -0.4 is 5.32 Å². The Morgan fingerprint density at radius 3 is 2.69 bits per heavy atom. The first-order valence-corrected chi connectivity index (χ1v) is 5.84. The zero-order chi connectivity index (χ0) is 9.68. The molecule has 4 heteroatoms. The predicted molar refractivity (Wildman–Crippen MR) is 57.0 cm³/mol. The van der Waals surface area contributed by atoms with E-state index in [0.29, 0.717) is 6.42 Å². The van der Waals surface area contributed by atoms with Crippen molar-refractivity contribution in [2.75, 3.05) is 38.7 Å². The fourth-order valence-electron chi connectivity index (χ4n) is 1.10. The molecule has 0 saturated carbocycles. The lowest BCUT2D eigenvalue weighted by molar-refractivity contribution is -0.128. The van der Waals surface area contributed by atoms with Crippen LogP contribution in [0.15, 0.2) is 0 Å². The minimum absolute atomic E-state index is 0.235. The number of amides is 1. The van der Waals surface area contributed by atoms with Crippen molar-refractivity contribution in [1.29, 1.82) is 0 Å². The number of nitrogens with one attached hydrogen (secondary N) is 1. The van der Waals surface area contributed by atoms with Crippen molar-refractivity contribution in [3.63, 3.8) is 0 Å². The molecule has 3 nitrogen and oxygen atoms in total. The number of rotatable bonds is 5. The van der Waals surface area contributed by atoms with Crippen LogP contribution in [0.1, 0.15) is 6.42 Å². The number of hydrogen-bond acceptors (Lipinski definition) is 3. The summed E-state index contributed by atoms with van der Waals surface area (Å²) in [6.07, 6.45) is 0.678. The molecule has 0 spiro atoms. The molecular formula is C9H18N2OS. The lowest BCUT2D eigenvalue weighted by Gasteiger charge is -2.26. The van der Waals surface area contributed by atoms with Crippen molar-refractivity contribution < 1.29 is 4.79 Å². The summed E-state index contributed by atoms with van der Waals surface area (Å²) in [4.78, 5) is 12.8. The van der Waals surface area contributed by atoms with E-state index < -0.39 is 0 Å². The van der Waals surface area contributed by atoms with Gasteiger partial charge in [-0.05, 0) is 24.8 Å². The largest absolute Gasteiger partial charge is 0.349 e. The monoisotopic (exact) mass is 202 g/mol. The van der Waals surface area contributed by atoms with Gasteiger partial charge in [0.15, 0.2) is 0 Å². The zero-order valence-electron chi connectivity index (χ0n) is 8.38. The van der Waals surface area contributed by atoms with Crippen molar-refractivity contribution in [2.45, 2.75) is 6.42 Å². The Morgan fingerprint density at radius 2 is 2.23 bits per heavy atom. The number of carbonyl (C=O) groups is 1. The fourth-order valence-corrected chi connectivity index (χ4v) is 2.15. The number of hydrogen-bond donors (Lipinski definition) is 1. The molecule has 1 N–H and O–H groups in total. The highest BCUT2D eigenvalue weighted by Crippen LogP contribution is 2.13. The summed E-state index contributed by atoms with van der Waals surface area (Å²) in [6, 6.07) is 0. The highest BCUT2D eigenvalue weighted by atomic mass is 32.2. The predicted octanol–water partition coefficient (Wildman–Crippen LogP) is 0.417. The molecule has 0 aromatic carbocycles. The lowest BCUT2D eigenvalue weighted by Crippen LogP contribution is -2.43. The molecule has 0 aliphatic carbocycles. The average molecular weight is 202 g/mol. The minimum Gasteiger partial charge on any atom is -0.349 e. The van der Waals surface area contributed by atoms with Gasteiger partial charge in [-0.1, -0.05) is 0 Å². The summed E-state index contributed by atoms with van der Waals surface area (Å²) in [7, 11) is 3.62. The Balaban J connectivity index is 1.91. The SMILES string of the molecule is CN(C)C(=O)CCSCC1CNC1. The van der Waals surface area contributed by atoms with Crippen LogP contribution in [0, 0.1) is 5.92 Å². The van der Waals surface area contributed by atoms with E-state index in [9.17, 15) is 4.79 Å². The fraction of sp³-hybridized carbons (Fsp3) is 0.889. The number of carbonyl (C=O) groups excluding carboxylic acids is 1. The third-order valence-electron chi connectivity index (χ3n) is 2.18. The van der Waals surface area contributed by atoms with Gasteiger partial charge in [0.25, 0.3) is 0 Å². The van der Waals surface area contributed by atoms with Gasteiger partial charge in [0.05, 0.1) is 0 Å². The molecule has 1 heterocycles. The first kappa shape index (κ1) is 10.9. The van der Waals surface area contributed by atoms with Crippen LogP contribution in [-0.2, 0) is 4.79 Å². The third-order valence-corrected chi connectivity index (χ3v) is 3.38. The maximum absolute atomic E-state index is 11.2. The number of thioether (sulfide) groups is 1. The molecule has 0 unspecified atom stereocenters. The molecule has 0 radical (unpaired) electrons. The second-order valence-corrected chi connectivity index (χ2v) is 4.79. The Morgan fingerprint density at radius 1 is 1.54 bits per heavy atom. The summed E-state index contributed by atoms with van der Waals surface area (Å²) < 4.78 is 0. The van der Waals surface area contributed by atoms with Crippen molar-refractivity contribution >= 4 is 17.7 Å². The van der Waals surface area contributed by atoms with E-state index in [1.807, 2.05) is 25.9 Å². The summed E-state index contributed by atoms with van der Waals surface area (Å²) in [5, 5.41) is 3.24. The first-order chi connectivity index (χ1) is 6.20. The maximum Gasteiger partial charge on any atom is 0.222 e. The molecule has 1 rings (SSSR count).